The van der Waals surface area contributed by atoms with Gasteiger partial charge < -0.3 is 9.84 Å². The highest BCUT2D eigenvalue weighted by Crippen LogP contribution is 2.30. The van der Waals surface area contributed by atoms with E-state index in [0.29, 0.717) is 11.6 Å². The molecule has 0 amide bonds. The van der Waals surface area contributed by atoms with E-state index in [2.05, 4.69) is 20.9 Å². The number of aliphatic hydroxyl groups excluding tert-OH is 1. The number of ether oxygens (including phenoxy) is 1. The smallest absolute Gasteiger partial charge is 0.219 e. The molecule has 18 heavy (non-hydrogen) atoms. The molecule has 1 heterocycles. The van der Waals surface area contributed by atoms with Crippen LogP contribution in [0, 0.1) is 6.92 Å². The number of aliphatic hydroxyl groups is 1. The van der Waals surface area contributed by atoms with Crippen LogP contribution < -0.4 is 4.74 Å². The van der Waals surface area contributed by atoms with Crippen LogP contribution in [-0.2, 0) is 0 Å². The van der Waals surface area contributed by atoms with Gasteiger partial charge in [-0.3, -0.25) is 0 Å². The lowest BCUT2D eigenvalue weighted by Crippen LogP contribution is -1.94. The highest BCUT2D eigenvalue weighted by Gasteiger charge is 2.06. The lowest BCUT2D eigenvalue weighted by molar-refractivity contribution is 0.198. The molecule has 2 aromatic rings. The molecule has 0 saturated carbocycles. The zero-order chi connectivity index (χ0) is 13.1. The molecule has 0 spiro atoms. The maximum Gasteiger partial charge on any atom is 0.219 e. The number of nitrogens with zero attached hydrogens (tertiary/aromatic N) is 1. The summed E-state index contributed by atoms with van der Waals surface area (Å²) in [5, 5.41) is 9.51. The highest BCUT2D eigenvalue weighted by atomic mass is 79.9. The van der Waals surface area contributed by atoms with E-state index in [1.807, 2.05) is 25.1 Å². The van der Waals surface area contributed by atoms with Crippen molar-refractivity contribution in [2.24, 2.45) is 0 Å². The van der Waals surface area contributed by atoms with Gasteiger partial charge in [0, 0.05) is 12.3 Å². The second-order valence-corrected chi connectivity index (χ2v) is 4.99. The number of halogens is 1. The summed E-state index contributed by atoms with van der Waals surface area (Å²) in [4.78, 5) is 4.13. The van der Waals surface area contributed by atoms with Crippen LogP contribution in [0.1, 0.15) is 24.2 Å². The topological polar surface area (TPSA) is 42.4 Å². The Morgan fingerprint density at radius 3 is 2.72 bits per heavy atom. The second kappa shape index (κ2) is 5.50. The molecule has 1 aromatic carbocycles. The minimum Gasteiger partial charge on any atom is -0.438 e. The van der Waals surface area contributed by atoms with Crippen molar-refractivity contribution in [2.75, 3.05) is 0 Å². The van der Waals surface area contributed by atoms with Crippen molar-refractivity contribution < 1.29 is 9.84 Å². The molecule has 0 saturated heterocycles. The van der Waals surface area contributed by atoms with Gasteiger partial charge in [0.25, 0.3) is 0 Å². The summed E-state index contributed by atoms with van der Waals surface area (Å²) in [5.41, 5.74) is 1.93. The Morgan fingerprint density at radius 2 is 2.06 bits per heavy atom. The third-order valence-electron chi connectivity index (χ3n) is 2.54. The number of hydrogen-bond acceptors (Lipinski definition) is 3. The fraction of sp³-hybridized carbons (Fsp3) is 0.214. The van der Waals surface area contributed by atoms with Crippen LogP contribution >= 0.6 is 15.9 Å². The third-order valence-corrected chi connectivity index (χ3v) is 3.16. The van der Waals surface area contributed by atoms with Crippen molar-refractivity contribution in [3.05, 3.63) is 52.1 Å². The molecule has 0 aliphatic rings. The molecule has 4 heteroatoms. The van der Waals surface area contributed by atoms with Crippen molar-refractivity contribution in [3.63, 3.8) is 0 Å². The van der Waals surface area contributed by atoms with E-state index < -0.39 is 6.10 Å². The maximum absolute atomic E-state index is 9.51. The van der Waals surface area contributed by atoms with E-state index in [0.717, 1.165) is 15.6 Å². The quantitative estimate of drug-likeness (QED) is 0.932. The fourth-order valence-corrected chi connectivity index (χ4v) is 2.12. The highest BCUT2D eigenvalue weighted by molar-refractivity contribution is 9.10. The van der Waals surface area contributed by atoms with Gasteiger partial charge in [0.1, 0.15) is 5.75 Å². The predicted molar refractivity (Wildman–Crippen MR) is 73.8 cm³/mol. The maximum atomic E-state index is 9.51. The minimum absolute atomic E-state index is 0.470. The van der Waals surface area contributed by atoms with E-state index in [1.54, 1.807) is 25.3 Å². The van der Waals surface area contributed by atoms with Gasteiger partial charge in [-0.2, -0.15) is 0 Å². The first-order valence-corrected chi connectivity index (χ1v) is 6.43. The Bertz CT molecular complexity index is 555. The van der Waals surface area contributed by atoms with Gasteiger partial charge in [-0.15, -0.1) is 0 Å². The molecule has 2 rings (SSSR count). The number of rotatable bonds is 3. The van der Waals surface area contributed by atoms with Gasteiger partial charge in [0.05, 0.1) is 10.6 Å². The third kappa shape index (κ3) is 3.09. The lowest BCUT2D eigenvalue weighted by atomic mass is 10.2. The van der Waals surface area contributed by atoms with E-state index in [9.17, 15) is 5.11 Å². The molecule has 0 unspecified atom stereocenters. The van der Waals surface area contributed by atoms with Crippen LogP contribution in [0.15, 0.2) is 41.0 Å². The average molecular weight is 308 g/mol. The number of aryl methyl sites for hydroxylation is 1. The Kier molecular flexibility index (Phi) is 3.99. The van der Waals surface area contributed by atoms with Crippen LogP contribution in [0.2, 0.25) is 0 Å². The molecular formula is C14H14BrNO2. The molecule has 3 nitrogen and oxygen atoms in total. The molecule has 1 aromatic heterocycles. The van der Waals surface area contributed by atoms with Crippen LogP contribution in [0.25, 0.3) is 0 Å². The van der Waals surface area contributed by atoms with E-state index in [-0.39, 0.29) is 0 Å². The van der Waals surface area contributed by atoms with Crippen LogP contribution in [0.5, 0.6) is 11.6 Å². The number of hydrogen-bond donors (Lipinski definition) is 1. The monoisotopic (exact) mass is 307 g/mol. The molecule has 1 atom stereocenters. The molecule has 0 aliphatic carbocycles. The van der Waals surface area contributed by atoms with Crippen molar-refractivity contribution in [1.29, 1.82) is 0 Å². The molecule has 0 bridgehead atoms. The number of benzene rings is 1. The zero-order valence-corrected chi connectivity index (χ0v) is 11.8. The molecule has 0 aliphatic heterocycles. The van der Waals surface area contributed by atoms with Gasteiger partial charge >= 0.3 is 0 Å². The summed E-state index contributed by atoms with van der Waals surface area (Å²) < 4.78 is 6.57. The molecule has 1 N–H and O–H groups in total. The number of pyridine rings is 1. The summed E-state index contributed by atoms with van der Waals surface area (Å²) in [6, 6.07) is 9.33. The fourth-order valence-electron chi connectivity index (χ4n) is 1.54. The van der Waals surface area contributed by atoms with Crippen molar-refractivity contribution in [1.82, 2.24) is 4.98 Å². The largest absolute Gasteiger partial charge is 0.438 e. The van der Waals surface area contributed by atoms with Crippen LogP contribution in [0.4, 0.5) is 0 Å². The van der Waals surface area contributed by atoms with Gasteiger partial charge in [0.2, 0.25) is 5.88 Å². The first kappa shape index (κ1) is 13.1. The molecular weight excluding hydrogens is 294 g/mol. The SMILES string of the molecule is Cc1ccc(Oc2cc([C@H](C)O)ccn2)c(Br)c1. The first-order valence-electron chi connectivity index (χ1n) is 5.64. The van der Waals surface area contributed by atoms with Crippen LogP contribution in [-0.4, -0.2) is 10.1 Å². The lowest BCUT2D eigenvalue weighted by Gasteiger charge is -2.09. The van der Waals surface area contributed by atoms with E-state index >= 15 is 0 Å². The molecule has 0 fully saturated rings. The molecule has 0 radical (unpaired) electrons. The Balaban J connectivity index is 2.25. The summed E-state index contributed by atoms with van der Waals surface area (Å²) in [7, 11) is 0. The summed E-state index contributed by atoms with van der Waals surface area (Å²) in [6.45, 7) is 3.72. The van der Waals surface area contributed by atoms with Gasteiger partial charge in [-0.25, -0.2) is 4.98 Å². The first-order chi connectivity index (χ1) is 8.56. The summed E-state index contributed by atoms with van der Waals surface area (Å²) >= 11 is 3.45. The van der Waals surface area contributed by atoms with Gasteiger partial charge in [-0.1, -0.05) is 6.07 Å². The Hall–Kier alpha value is -1.39. The number of aromatic nitrogens is 1. The van der Waals surface area contributed by atoms with Crippen molar-refractivity contribution in [3.8, 4) is 11.6 Å². The summed E-state index contributed by atoms with van der Waals surface area (Å²) in [5.74, 6) is 1.17. The minimum atomic E-state index is -0.531. The van der Waals surface area contributed by atoms with E-state index in [4.69, 9.17) is 4.74 Å². The van der Waals surface area contributed by atoms with Gasteiger partial charge in [-0.05, 0) is 59.1 Å². The Morgan fingerprint density at radius 1 is 1.28 bits per heavy atom. The Labute approximate surface area is 115 Å². The zero-order valence-electron chi connectivity index (χ0n) is 10.2. The van der Waals surface area contributed by atoms with E-state index in [1.165, 1.54) is 0 Å². The second-order valence-electron chi connectivity index (χ2n) is 4.14. The summed E-state index contributed by atoms with van der Waals surface area (Å²) in [6.07, 6.45) is 1.09. The van der Waals surface area contributed by atoms with Crippen molar-refractivity contribution in [2.45, 2.75) is 20.0 Å². The van der Waals surface area contributed by atoms with Crippen molar-refractivity contribution >= 4 is 15.9 Å². The standard InChI is InChI=1S/C14H14BrNO2/c1-9-3-4-13(12(15)7-9)18-14-8-11(10(2)17)5-6-16-14/h3-8,10,17H,1-2H3/t10-/m0/s1. The molecule has 94 valence electrons. The van der Waals surface area contributed by atoms with Gasteiger partial charge in [0.15, 0.2) is 0 Å². The normalized spacial score (nSPS) is 12.2. The average Bonchev–Trinajstić information content (AvgIpc) is 2.33. The van der Waals surface area contributed by atoms with Crippen LogP contribution in [0.3, 0.4) is 0 Å². The predicted octanol–water partition coefficient (Wildman–Crippen LogP) is 4.00.